The summed E-state index contributed by atoms with van der Waals surface area (Å²) in [5, 5.41) is 0. The zero-order valence-electron chi connectivity index (χ0n) is 14.6. The van der Waals surface area contributed by atoms with Crippen LogP contribution in [-0.2, 0) is 0 Å². The SMILES string of the molecule is CCCCCCCCCCCCCCCC[CH]N(C)C. The average molecular weight is 283 g/mol. The molecule has 121 valence electrons. The Labute approximate surface area is 129 Å². The molecule has 1 nitrogen and oxygen atoms in total. The molecule has 0 saturated carbocycles. The van der Waals surface area contributed by atoms with Crippen molar-refractivity contribution in [3.63, 3.8) is 0 Å². The Morgan fingerprint density at radius 2 is 0.900 bits per heavy atom. The van der Waals surface area contributed by atoms with Crippen LogP contribution in [0.5, 0.6) is 0 Å². The molecular formula is C19H40N. The molecule has 1 radical (unpaired) electrons. The molecule has 0 aromatic heterocycles. The van der Waals surface area contributed by atoms with Crippen molar-refractivity contribution in [3.05, 3.63) is 6.54 Å². The van der Waals surface area contributed by atoms with Gasteiger partial charge in [-0.3, -0.25) is 0 Å². The van der Waals surface area contributed by atoms with Gasteiger partial charge in [-0.05, 0) is 20.5 Å². The highest BCUT2D eigenvalue weighted by Gasteiger charge is 1.95. The van der Waals surface area contributed by atoms with Crippen LogP contribution >= 0.6 is 0 Å². The molecule has 0 atom stereocenters. The van der Waals surface area contributed by atoms with Gasteiger partial charge in [0.2, 0.25) is 0 Å². The van der Waals surface area contributed by atoms with E-state index in [9.17, 15) is 0 Å². The second-order valence-electron chi connectivity index (χ2n) is 6.53. The second kappa shape index (κ2) is 17.0. The predicted molar refractivity (Wildman–Crippen MR) is 92.9 cm³/mol. The van der Waals surface area contributed by atoms with Crippen LogP contribution < -0.4 is 0 Å². The zero-order valence-corrected chi connectivity index (χ0v) is 14.6. The number of rotatable bonds is 16. The van der Waals surface area contributed by atoms with Gasteiger partial charge in [-0.25, -0.2) is 0 Å². The summed E-state index contributed by atoms with van der Waals surface area (Å²) in [5.41, 5.74) is 0. The van der Waals surface area contributed by atoms with E-state index >= 15 is 0 Å². The molecule has 0 aromatic carbocycles. The highest BCUT2D eigenvalue weighted by Crippen LogP contribution is 2.13. The molecule has 0 fully saturated rings. The third-order valence-corrected chi connectivity index (χ3v) is 4.05. The van der Waals surface area contributed by atoms with Gasteiger partial charge in [-0.15, -0.1) is 0 Å². The Hall–Kier alpha value is -0.0400. The third kappa shape index (κ3) is 18.0. The van der Waals surface area contributed by atoms with Gasteiger partial charge in [0, 0.05) is 6.54 Å². The lowest BCUT2D eigenvalue weighted by Crippen LogP contribution is -2.06. The Bertz CT molecular complexity index is 165. The van der Waals surface area contributed by atoms with E-state index in [1.54, 1.807) is 0 Å². The lowest BCUT2D eigenvalue weighted by Gasteiger charge is -2.07. The van der Waals surface area contributed by atoms with Gasteiger partial charge < -0.3 is 4.90 Å². The van der Waals surface area contributed by atoms with E-state index < -0.39 is 0 Å². The molecule has 0 aliphatic carbocycles. The van der Waals surface area contributed by atoms with E-state index in [4.69, 9.17) is 0 Å². The first-order valence-electron chi connectivity index (χ1n) is 9.27. The molecule has 0 unspecified atom stereocenters. The highest BCUT2D eigenvalue weighted by molar-refractivity contribution is 4.60. The summed E-state index contributed by atoms with van der Waals surface area (Å²) in [7, 11) is 4.23. The molecule has 0 aromatic rings. The first kappa shape index (κ1) is 20.0. The van der Waals surface area contributed by atoms with Crippen molar-refractivity contribution in [1.82, 2.24) is 4.90 Å². The summed E-state index contributed by atoms with van der Waals surface area (Å²) in [6.45, 7) is 4.58. The van der Waals surface area contributed by atoms with Crippen molar-refractivity contribution in [2.45, 2.75) is 103 Å². The summed E-state index contributed by atoms with van der Waals surface area (Å²) in [4.78, 5) is 2.17. The van der Waals surface area contributed by atoms with Crippen LogP contribution in [0.1, 0.15) is 103 Å². The third-order valence-electron chi connectivity index (χ3n) is 4.05. The smallest absolute Gasteiger partial charge is 0.0245 e. The maximum absolute atomic E-state index is 2.29. The van der Waals surface area contributed by atoms with Crippen LogP contribution in [0.2, 0.25) is 0 Å². The van der Waals surface area contributed by atoms with E-state index in [1.807, 2.05) is 0 Å². The van der Waals surface area contributed by atoms with Crippen molar-refractivity contribution >= 4 is 0 Å². The molecular weight excluding hydrogens is 242 g/mol. The summed E-state index contributed by atoms with van der Waals surface area (Å²) in [6, 6.07) is 0. The van der Waals surface area contributed by atoms with Crippen LogP contribution in [0.3, 0.4) is 0 Å². The maximum atomic E-state index is 2.29. The standard InChI is InChI=1S/C19H40N/c1-4-5-6-7-8-9-10-11-12-13-14-15-16-17-18-19-20(2)3/h19H,4-18H2,1-3H3. The fraction of sp³-hybridized carbons (Fsp3) is 0.947. The summed E-state index contributed by atoms with van der Waals surface area (Å²) < 4.78 is 0. The molecule has 0 saturated heterocycles. The summed E-state index contributed by atoms with van der Waals surface area (Å²) in [5.74, 6) is 0. The largest absolute Gasteiger partial charge is 0.305 e. The maximum Gasteiger partial charge on any atom is 0.0245 e. The second-order valence-corrected chi connectivity index (χ2v) is 6.53. The topological polar surface area (TPSA) is 3.24 Å². The summed E-state index contributed by atoms with van der Waals surface area (Å²) in [6.07, 6.45) is 21.5. The molecule has 0 amide bonds. The van der Waals surface area contributed by atoms with E-state index in [0.717, 1.165) is 0 Å². The van der Waals surface area contributed by atoms with Crippen molar-refractivity contribution in [1.29, 1.82) is 0 Å². The van der Waals surface area contributed by atoms with Gasteiger partial charge in [0.1, 0.15) is 0 Å². The molecule has 0 aliphatic heterocycles. The first-order chi connectivity index (χ1) is 9.77. The van der Waals surface area contributed by atoms with Gasteiger partial charge in [0.25, 0.3) is 0 Å². The van der Waals surface area contributed by atoms with Crippen molar-refractivity contribution in [2.24, 2.45) is 0 Å². The van der Waals surface area contributed by atoms with Crippen LogP contribution in [-0.4, -0.2) is 19.0 Å². The number of nitrogens with zero attached hydrogens (tertiary/aromatic N) is 1. The monoisotopic (exact) mass is 282 g/mol. The van der Waals surface area contributed by atoms with Crippen LogP contribution in [0.25, 0.3) is 0 Å². The molecule has 0 heterocycles. The van der Waals surface area contributed by atoms with Crippen LogP contribution in [0, 0.1) is 6.54 Å². The summed E-state index contributed by atoms with van der Waals surface area (Å²) >= 11 is 0. The van der Waals surface area contributed by atoms with E-state index in [2.05, 4.69) is 32.5 Å². The molecule has 0 N–H and O–H groups in total. The normalized spacial score (nSPS) is 11.4. The van der Waals surface area contributed by atoms with E-state index in [-0.39, 0.29) is 0 Å². The predicted octanol–water partition coefficient (Wildman–Crippen LogP) is 6.58. The van der Waals surface area contributed by atoms with Crippen molar-refractivity contribution in [2.75, 3.05) is 14.1 Å². The Morgan fingerprint density at radius 3 is 1.25 bits per heavy atom. The molecule has 1 heteroatoms. The minimum absolute atomic E-state index is 1.25. The minimum Gasteiger partial charge on any atom is -0.305 e. The van der Waals surface area contributed by atoms with E-state index in [0.29, 0.717) is 0 Å². The molecule has 0 aliphatic rings. The quantitative estimate of drug-likeness (QED) is 0.289. The van der Waals surface area contributed by atoms with Gasteiger partial charge in [0.05, 0.1) is 0 Å². The van der Waals surface area contributed by atoms with Gasteiger partial charge in [-0.1, -0.05) is 96.8 Å². The lowest BCUT2D eigenvalue weighted by atomic mass is 10.0. The number of hydrogen-bond donors (Lipinski definition) is 0. The number of unbranched alkanes of at least 4 members (excludes halogenated alkanes) is 14. The minimum atomic E-state index is 1.25. The van der Waals surface area contributed by atoms with E-state index in [1.165, 1.54) is 96.3 Å². The Balaban J connectivity index is 2.92. The van der Waals surface area contributed by atoms with Gasteiger partial charge in [-0.2, -0.15) is 0 Å². The lowest BCUT2D eigenvalue weighted by molar-refractivity contribution is 0.461. The Morgan fingerprint density at radius 1 is 0.550 bits per heavy atom. The Kier molecular flexibility index (Phi) is 17.0. The fourth-order valence-electron chi connectivity index (χ4n) is 2.69. The highest BCUT2D eigenvalue weighted by atomic mass is 15.0. The average Bonchev–Trinajstić information content (AvgIpc) is 2.43. The molecule has 0 rings (SSSR count). The van der Waals surface area contributed by atoms with Crippen molar-refractivity contribution in [3.8, 4) is 0 Å². The molecule has 0 bridgehead atoms. The molecule has 0 spiro atoms. The van der Waals surface area contributed by atoms with Gasteiger partial charge in [0.15, 0.2) is 0 Å². The van der Waals surface area contributed by atoms with Crippen molar-refractivity contribution < 1.29 is 0 Å². The van der Waals surface area contributed by atoms with Crippen LogP contribution in [0.4, 0.5) is 0 Å². The zero-order chi connectivity index (χ0) is 14.9. The fourth-order valence-corrected chi connectivity index (χ4v) is 2.69. The van der Waals surface area contributed by atoms with Gasteiger partial charge >= 0.3 is 0 Å². The first-order valence-corrected chi connectivity index (χ1v) is 9.27. The number of hydrogen-bond acceptors (Lipinski definition) is 1. The molecule has 20 heavy (non-hydrogen) atoms. The van der Waals surface area contributed by atoms with Crippen LogP contribution in [0.15, 0.2) is 0 Å².